The van der Waals surface area contributed by atoms with Crippen molar-refractivity contribution in [2.75, 3.05) is 13.1 Å². The Labute approximate surface area is 195 Å². The number of nitrogens with zero attached hydrogens (tertiary/aromatic N) is 1. The highest BCUT2D eigenvalue weighted by Gasteiger charge is 2.24. The minimum atomic E-state index is -0.493. The van der Waals surface area contributed by atoms with E-state index < -0.39 is 5.60 Å². The summed E-state index contributed by atoms with van der Waals surface area (Å²) in [5.74, 6) is -0.202. The molecule has 172 valence electrons. The molecule has 0 radical (unpaired) electrons. The van der Waals surface area contributed by atoms with Gasteiger partial charge in [-0.15, -0.1) is 0 Å². The minimum absolute atomic E-state index is 0.119. The van der Waals surface area contributed by atoms with Crippen LogP contribution < -0.4 is 5.32 Å². The van der Waals surface area contributed by atoms with Gasteiger partial charge in [0.25, 0.3) is 0 Å². The molecular weight excluding hydrogens is 423 g/mol. The Morgan fingerprint density at radius 3 is 2.50 bits per heavy atom. The Bertz CT molecular complexity index is 976. The van der Waals surface area contributed by atoms with E-state index in [0.29, 0.717) is 5.56 Å². The van der Waals surface area contributed by atoms with Crippen LogP contribution in [0.3, 0.4) is 0 Å². The average molecular weight is 457 g/mol. The topological polar surface area (TPSA) is 41.6 Å². The first kappa shape index (κ1) is 24.3. The number of carbonyl (C=O) groups excluding carboxylic acids is 1. The monoisotopic (exact) mass is 456 g/mol. The Hall–Kier alpha value is -2.31. The smallest absolute Gasteiger partial charge is 0.407 e. The number of piperidine rings is 1. The molecule has 2 aromatic carbocycles. The summed E-state index contributed by atoms with van der Waals surface area (Å²) in [5, 5.41) is 2.98. The second-order valence-corrected chi connectivity index (χ2v) is 10.2. The molecule has 2 aromatic rings. The Morgan fingerprint density at radius 2 is 1.88 bits per heavy atom. The highest BCUT2D eigenvalue weighted by atomic mass is 32.2. The second kappa shape index (κ2) is 10.5. The Morgan fingerprint density at radius 1 is 1.19 bits per heavy atom. The van der Waals surface area contributed by atoms with E-state index in [4.69, 9.17) is 4.74 Å². The summed E-state index contributed by atoms with van der Waals surface area (Å²) in [7, 11) is 0. The van der Waals surface area contributed by atoms with Crippen molar-refractivity contribution in [2.45, 2.75) is 64.0 Å². The molecular formula is C26H33FN2O2S. The van der Waals surface area contributed by atoms with Gasteiger partial charge in [-0.1, -0.05) is 36.4 Å². The van der Waals surface area contributed by atoms with Gasteiger partial charge in [-0.05, 0) is 88.2 Å². The number of halogens is 1. The first-order valence-corrected chi connectivity index (χ1v) is 11.9. The molecule has 0 aromatic heterocycles. The molecule has 0 unspecified atom stereocenters. The lowest BCUT2D eigenvalue weighted by Gasteiger charge is -2.32. The third-order valence-electron chi connectivity index (χ3n) is 5.43. The van der Waals surface area contributed by atoms with Gasteiger partial charge in [0.05, 0.1) is 0 Å². The number of hydrogen-bond donors (Lipinski definition) is 1. The van der Waals surface area contributed by atoms with Gasteiger partial charge in [0, 0.05) is 29.6 Å². The number of allylic oxidation sites excluding steroid dienone is 2. The molecule has 0 atom stereocenters. The number of hydrogen-bond acceptors (Lipinski definition) is 4. The van der Waals surface area contributed by atoms with E-state index in [0.717, 1.165) is 47.5 Å². The molecule has 1 aliphatic heterocycles. The van der Waals surface area contributed by atoms with Crippen molar-refractivity contribution in [3.63, 3.8) is 0 Å². The van der Waals surface area contributed by atoms with Crippen molar-refractivity contribution < 1.29 is 13.9 Å². The van der Waals surface area contributed by atoms with Gasteiger partial charge in [-0.25, -0.2) is 13.5 Å². The quantitative estimate of drug-likeness (QED) is 0.496. The molecule has 4 nitrogen and oxygen atoms in total. The van der Waals surface area contributed by atoms with Crippen LogP contribution in [0.2, 0.25) is 0 Å². The van der Waals surface area contributed by atoms with Crippen molar-refractivity contribution in [1.82, 2.24) is 9.62 Å². The summed E-state index contributed by atoms with van der Waals surface area (Å²) in [5.41, 5.74) is 2.98. The Balaban J connectivity index is 1.64. The maximum absolute atomic E-state index is 14.7. The van der Waals surface area contributed by atoms with Gasteiger partial charge in [-0.2, -0.15) is 0 Å². The lowest BCUT2D eigenvalue weighted by atomic mass is 10.0. The van der Waals surface area contributed by atoms with Crippen LogP contribution in [-0.4, -0.2) is 35.1 Å². The SMILES string of the molecule is C/C=C(\C)c1ccc(-c2ccccc2SN2CCC(NC(=O)OC(C)(C)C)CC2)cc1F. The summed E-state index contributed by atoms with van der Waals surface area (Å²) in [6, 6.07) is 13.7. The molecule has 0 bridgehead atoms. The number of carbonyl (C=O) groups is 1. The number of amides is 1. The zero-order chi connectivity index (χ0) is 23.3. The third-order valence-corrected chi connectivity index (χ3v) is 6.60. The number of benzene rings is 2. The standard InChI is InChI=1S/C26H33FN2O2S/c1-6-18(2)21-12-11-19(17-23(21)27)22-9-7-8-10-24(22)32-29-15-13-20(14-16-29)28-25(30)31-26(3,4)5/h6-12,17,20H,13-16H2,1-5H3,(H,28,30)/b18-6+. The number of nitrogens with one attached hydrogen (secondary N) is 1. The summed E-state index contributed by atoms with van der Waals surface area (Å²) < 4.78 is 22.4. The highest BCUT2D eigenvalue weighted by Crippen LogP contribution is 2.36. The lowest BCUT2D eigenvalue weighted by Crippen LogP contribution is -2.44. The molecule has 3 rings (SSSR count). The van der Waals surface area contributed by atoms with Crippen molar-refractivity contribution in [3.8, 4) is 11.1 Å². The highest BCUT2D eigenvalue weighted by molar-refractivity contribution is 7.97. The van der Waals surface area contributed by atoms with E-state index in [2.05, 4.69) is 15.7 Å². The normalized spacial score (nSPS) is 16.1. The molecule has 0 aliphatic carbocycles. The maximum Gasteiger partial charge on any atom is 0.407 e. The lowest BCUT2D eigenvalue weighted by molar-refractivity contribution is 0.0490. The average Bonchev–Trinajstić information content (AvgIpc) is 2.73. The van der Waals surface area contributed by atoms with Crippen LogP contribution in [0, 0.1) is 5.82 Å². The first-order chi connectivity index (χ1) is 15.2. The molecule has 1 saturated heterocycles. The van der Waals surface area contributed by atoms with Crippen molar-refractivity contribution in [1.29, 1.82) is 0 Å². The zero-order valence-corrected chi connectivity index (χ0v) is 20.4. The van der Waals surface area contributed by atoms with Crippen LogP contribution in [0.5, 0.6) is 0 Å². The van der Waals surface area contributed by atoms with Crippen LogP contribution in [0.1, 0.15) is 53.0 Å². The van der Waals surface area contributed by atoms with E-state index in [1.165, 1.54) is 0 Å². The van der Waals surface area contributed by atoms with Crippen molar-refractivity contribution >= 4 is 23.6 Å². The van der Waals surface area contributed by atoms with Crippen LogP contribution in [-0.2, 0) is 4.74 Å². The number of ether oxygens (including phenoxy) is 1. The van der Waals surface area contributed by atoms with Gasteiger partial charge in [0.2, 0.25) is 0 Å². The van der Waals surface area contributed by atoms with Gasteiger partial charge < -0.3 is 10.1 Å². The van der Waals surface area contributed by atoms with E-state index >= 15 is 0 Å². The molecule has 6 heteroatoms. The van der Waals surface area contributed by atoms with Crippen LogP contribution in [0.15, 0.2) is 53.4 Å². The number of rotatable bonds is 5. The summed E-state index contributed by atoms with van der Waals surface area (Å²) >= 11 is 1.69. The van der Waals surface area contributed by atoms with E-state index in [9.17, 15) is 9.18 Å². The van der Waals surface area contributed by atoms with Gasteiger partial charge in [0.15, 0.2) is 0 Å². The van der Waals surface area contributed by atoms with Crippen LogP contribution >= 0.6 is 11.9 Å². The van der Waals surface area contributed by atoms with Gasteiger partial charge in [-0.3, -0.25) is 0 Å². The van der Waals surface area contributed by atoms with Gasteiger partial charge >= 0.3 is 6.09 Å². The summed E-state index contributed by atoms with van der Waals surface area (Å²) in [6.07, 6.45) is 3.29. The summed E-state index contributed by atoms with van der Waals surface area (Å²) in [4.78, 5) is 13.1. The van der Waals surface area contributed by atoms with E-state index in [1.807, 2.05) is 71.0 Å². The zero-order valence-electron chi connectivity index (χ0n) is 19.6. The molecule has 0 spiro atoms. The number of alkyl carbamates (subject to hydrolysis) is 1. The predicted molar refractivity (Wildman–Crippen MR) is 131 cm³/mol. The van der Waals surface area contributed by atoms with Crippen molar-refractivity contribution in [3.05, 3.63) is 59.9 Å². The fourth-order valence-electron chi connectivity index (χ4n) is 3.65. The third kappa shape index (κ3) is 6.59. The van der Waals surface area contributed by atoms with E-state index in [-0.39, 0.29) is 18.0 Å². The van der Waals surface area contributed by atoms with E-state index in [1.54, 1.807) is 18.0 Å². The maximum atomic E-state index is 14.7. The largest absolute Gasteiger partial charge is 0.444 e. The minimum Gasteiger partial charge on any atom is -0.444 e. The molecule has 1 N–H and O–H groups in total. The van der Waals surface area contributed by atoms with Crippen LogP contribution in [0.4, 0.5) is 9.18 Å². The van der Waals surface area contributed by atoms with Crippen molar-refractivity contribution in [2.24, 2.45) is 0 Å². The predicted octanol–water partition coefficient (Wildman–Crippen LogP) is 6.91. The molecule has 1 fully saturated rings. The second-order valence-electron chi connectivity index (χ2n) is 9.10. The fraction of sp³-hybridized carbons (Fsp3) is 0.423. The van der Waals surface area contributed by atoms with Crippen LogP contribution in [0.25, 0.3) is 16.7 Å². The molecule has 1 aliphatic rings. The fourth-order valence-corrected chi connectivity index (χ4v) is 4.74. The molecule has 32 heavy (non-hydrogen) atoms. The molecule has 1 amide bonds. The summed E-state index contributed by atoms with van der Waals surface area (Å²) in [6.45, 7) is 11.1. The first-order valence-electron chi connectivity index (χ1n) is 11.1. The molecule has 0 saturated carbocycles. The molecule has 1 heterocycles. The Kier molecular flexibility index (Phi) is 8.01. The van der Waals surface area contributed by atoms with Gasteiger partial charge in [0.1, 0.15) is 11.4 Å².